The molecule has 0 aromatic heterocycles. The Morgan fingerprint density at radius 1 is 1.08 bits per heavy atom. The van der Waals surface area contributed by atoms with E-state index in [4.69, 9.17) is 0 Å². The number of allylic oxidation sites excluding steroid dienone is 2. The molecule has 0 amide bonds. The first-order chi connectivity index (χ1) is 5.93. The summed E-state index contributed by atoms with van der Waals surface area (Å²) in [5, 5.41) is 3.30. The van der Waals surface area contributed by atoms with E-state index in [1.54, 1.807) is 0 Å². The highest BCUT2D eigenvalue weighted by Crippen LogP contribution is 2.15. The highest BCUT2D eigenvalue weighted by atomic mass is 14.9. The summed E-state index contributed by atoms with van der Waals surface area (Å²) in [6, 6.07) is 0.486. The fourth-order valence-corrected chi connectivity index (χ4v) is 1.08. The van der Waals surface area contributed by atoms with E-state index >= 15 is 0 Å². The highest BCUT2D eigenvalue weighted by Gasteiger charge is 2.02. The molecule has 0 saturated carbocycles. The van der Waals surface area contributed by atoms with Gasteiger partial charge in [-0.15, -0.1) is 0 Å². The minimum atomic E-state index is 0.486. The number of hydrogen-bond acceptors (Lipinski definition) is 1. The normalized spacial score (nSPS) is 10.6. The summed E-state index contributed by atoms with van der Waals surface area (Å²) in [6.45, 7) is 16.6. The van der Waals surface area contributed by atoms with Gasteiger partial charge < -0.3 is 5.32 Å². The maximum atomic E-state index is 4.04. The molecule has 0 aliphatic rings. The topological polar surface area (TPSA) is 12.0 Å². The Kier molecular flexibility index (Phi) is 5.52. The van der Waals surface area contributed by atoms with Crippen LogP contribution in [0.1, 0.15) is 40.5 Å². The Hall–Kier alpha value is -0.720. The molecule has 0 aliphatic heterocycles. The molecule has 0 aliphatic carbocycles. The highest BCUT2D eigenvalue weighted by molar-refractivity contribution is 5.03. The van der Waals surface area contributed by atoms with Crippen molar-refractivity contribution in [3.05, 3.63) is 24.4 Å². The summed E-state index contributed by atoms with van der Waals surface area (Å²) in [6.07, 6.45) is 2.06. The molecule has 1 heteroatoms. The molecular formula is C12H23N. The molecule has 0 spiro atoms. The maximum absolute atomic E-state index is 4.04. The first kappa shape index (κ1) is 12.3. The quantitative estimate of drug-likeness (QED) is 0.618. The van der Waals surface area contributed by atoms with Gasteiger partial charge in [0.05, 0.1) is 0 Å². The third kappa shape index (κ3) is 6.44. The lowest BCUT2D eigenvalue weighted by Crippen LogP contribution is -2.21. The summed E-state index contributed by atoms with van der Waals surface area (Å²) in [5.74, 6) is 0.590. The van der Waals surface area contributed by atoms with Crippen molar-refractivity contribution in [3.8, 4) is 0 Å². The average molecular weight is 181 g/mol. The van der Waals surface area contributed by atoms with Crippen LogP contribution in [0.3, 0.4) is 0 Å². The molecule has 0 bridgehead atoms. The minimum absolute atomic E-state index is 0.486. The van der Waals surface area contributed by atoms with Gasteiger partial charge in [-0.25, -0.2) is 0 Å². The van der Waals surface area contributed by atoms with Crippen molar-refractivity contribution < 1.29 is 0 Å². The SMILES string of the molecule is C=C(CCC(=C)C(C)C)NC(C)C. The zero-order valence-electron chi connectivity index (χ0n) is 9.48. The molecule has 13 heavy (non-hydrogen) atoms. The summed E-state index contributed by atoms with van der Waals surface area (Å²) in [4.78, 5) is 0. The molecule has 0 unspecified atom stereocenters. The van der Waals surface area contributed by atoms with Crippen LogP contribution in [-0.4, -0.2) is 6.04 Å². The van der Waals surface area contributed by atoms with Crippen LogP contribution < -0.4 is 5.32 Å². The lowest BCUT2D eigenvalue weighted by atomic mass is 10.00. The molecule has 0 atom stereocenters. The molecule has 0 saturated heterocycles. The molecule has 0 heterocycles. The van der Waals surface area contributed by atoms with Gasteiger partial charge in [0, 0.05) is 11.7 Å². The van der Waals surface area contributed by atoms with Gasteiger partial charge in [0.15, 0.2) is 0 Å². The fourth-order valence-electron chi connectivity index (χ4n) is 1.08. The molecule has 76 valence electrons. The standard InChI is InChI=1S/C12H23N/c1-9(2)11(5)7-8-12(6)13-10(3)4/h9-10,13H,5-8H2,1-4H3. The number of nitrogens with one attached hydrogen (secondary N) is 1. The van der Waals surface area contributed by atoms with Gasteiger partial charge in [-0.05, 0) is 32.6 Å². The van der Waals surface area contributed by atoms with Crippen LogP contribution in [0.5, 0.6) is 0 Å². The number of hydrogen-bond donors (Lipinski definition) is 1. The summed E-state index contributed by atoms with van der Waals surface area (Å²) >= 11 is 0. The average Bonchev–Trinajstić information content (AvgIpc) is 1.98. The van der Waals surface area contributed by atoms with E-state index in [2.05, 4.69) is 46.2 Å². The minimum Gasteiger partial charge on any atom is -0.387 e. The van der Waals surface area contributed by atoms with Gasteiger partial charge in [-0.1, -0.05) is 32.6 Å². The first-order valence-electron chi connectivity index (χ1n) is 5.05. The van der Waals surface area contributed by atoms with Crippen LogP contribution in [0.15, 0.2) is 24.4 Å². The Morgan fingerprint density at radius 3 is 2.00 bits per heavy atom. The summed E-state index contributed by atoms with van der Waals surface area (Å²) < 4.78 is 0. The van der Waals surface area contributed by atoms with Crippen LogP contribution in [0.2, 0.25) is 0 Å². The Labute approximate surface area is 82.9 Å². The smallest absolute Gasteiger partial charge is 0.0201 e. The van der Waals surface area contributed by atoms with Crippen molar-refractivity contribution in [2.75, 3.05) is 0 Å². The van der Waals surface area contributed by atoms with Crippen molar-refractivity contribution >= 4 is 0 Å². The van der Waals surface area contributed by atoms with Gasteiger partial charge in [0.25, 0.3) is 0 Å². The lowest BCUT2D eigenvalue weighted by molar-refractivity contribution is 0.628. The zero-order valence-corrected chi connectivity index (χ0v) is 9.48. The zero-order chi connectivity index (χ0) is 10.4. The van der Waals surface area contributed by atoms with E-state index in [0.29, 0.717) is 12.0 Å². The van der Waals surface area contributed by atoms with Crippen molar-refractivity contribution in [3.63, 3.8) is 0 Å². The van der Waals surface area contributed by atoms with Gasteiger partial charge >= 0.3 is 0 Å². The predicted octanol–water partition coefficient (Wildman–Crippen LogP) is 3.49. The second-order valence-electron chi connectivity index (χ2n) is 4.22. The lowest BCUT2D eigenvalue weighted by Gasteiger charge is -2.14. The molecule has 1 nitrogen and oxygen atoms in total. The monoisotopic (exact) mass is 181 g/mol. The van der Waals surface area contributed by atoms with Gasteiger partial charge in [0.2, 0.25) is 0 Å². The molecule has 0 aromatic carbocycles. The molecule has 1 N–H and O–H groups in total. The van der Waals surface area contributed by atoms with E-state index in [9.17, 15) is 0 Å². The third-order valence-corrected chi connectivity index (χ3v) is 2.06. The Balaban J connectivity index is 3.64. The summed E-state index contributed by atoms with van der Waals surface area (Å²) in [7, 11) is 0. The third-order valence-electron chi connectivity index (χ3n) is 2.06. The molecule has 0 radical (unpaired) electrons. The summed E-state index contributed by atoms with van der Waals surface area (Å²) in [5.41, 5.74) is 2.43. The van der Waals surface area contributed by atoms with Crippen molar-refractivity contribution in [2.45, 2.75) is 46.6 Å². The fraction of sp³-hybridized carbons (Fsp3) is 0.667. The van der Waals surface area contributed by atoms with Crippen LogP contribution in [-0.2, 0) is 0 Å². The second-order valence-corrected chi connectivity index (χ2v) is 4.22. The van der Waals surface area contributed by atoms with Crippen molar-refractivity contribution in [2.24, 2.45) is 5.92 Å². The molecule has 0 fully saturated rings. The van der Waals surface area contributed by atoms with Crippen LogP contribution >= 0.6 is 0 Å². The van der Waals surface area contributed by atoms with E-state index in [1.165, 1.54) is 5.57 Å². The van der Waals surface area contributed by atoms with E-state index in [-0.39, 0.29) is 0 Å². The largest absolute Gasteiger partial charge is 0.387 e. The van der Waals surface area contributed by atoms with E-state index in [0.717, 1.165) is 18.5 Å². The first-order valence-corrected chi connectivity index (χ1v) is 5.05. The Bertz CT molecular complexity index is 178. The maximum Gasteiger partial charge on any atom is 0.0201 e. The van der Waals surface area contributed by atoms with Crippen molar-refractivity contribution in [1.82, 2.24) is 5.32 Å². The molecule has 0 aromatic rings. The van der Waals surface area contributed by atoms with Gasteiger partial charge in [0.1, 0.15) is 0 Å². The van der Waals surface area contributed by atoms with Gasteiger partial charge in [-0.3, -0.25) is 0 Å². The number of rotatable bonds is 6. The van der Waals surface area contributed by atoms with Crippen molar-refractivity contribution in [1.29, 1.82) is 0 Å². The van der Waals surface area contributed by atoms with Crippen LogP contribution in [0.25, 0.3) is 0 Å². The predicted molar refractivity (Wildman–Crippen MR) is 60.6 cm³/mol. The Morgan fingerprint density at radius 2 is 1.62 bits per heavy atom. The molecule has 0 rings (SSSR count). The van der Waals surface area contributed by atoms with Gasteiger partial charge in [-0.2, -0.15) is 0 Å². The second kappa shape index (κ2) is 5.85. The molecular weight excluding hydrogens is 158 g/mol. The van der Waals surface area contributed by atoms with Crippen LogP contribution in [0.4, 0.5) is 0 Å². The van der Waals surface area contributed by atoms with E-state index < -0.39 is 0 Å². The van der Waals surface area contributed by atoms with E-state index in [1.807, 2.05) is 0 Å². The van der Waals surface area contributed by atoms with Crippen LogP contribution in [0, 0.1) is 5.92 Å².